The Balaban J connectivity index is 2.93. The fourth-order valence-corrected chi connectivity index (χ4v) is 1.52. The molecule has 3 heteroatoms. The van der Waals surface area contributed by atoms with Crippen LogP contribution in [0.15, 0.2) is 23.7 Å². The summed E-state index contributed by atoms with van der Waals surface area (Å²) in [7, 11) is 3.82. The summed E-state index contributed by atoms with van der Waals surface area (Å²) in [4.78, 5) is 2.89. The van der Waals surface area contributed by atoms with Crippen LogP contribution in [0.2, 0.25) is 0 Å². The van der Waals surface area contributed by atoms with Crippen molar-refractivity contribution in [1.29, 1.82) is 5.26 Å². The zero-order valence-electron chi connectivity index (χ0n) is 7.11. The van der Waals surface area contributed by atoms with Crippen LogP contribution in [0.25, 0.3) is 5.57 Å². The molecular formula is C9H10N2S. The third-order valence-corrected chi connectivity index (χ3v) is 2.20. The van der Waals surface area contributed by atoms with Crippen LogP contribution in [0.3, 0.4) is 0 Å². The van der Waals surface area contributed by atoms with Gasteiger partial charge in [-0.25, -0.2) is 0 Å². The number of allylic oxidation sites excluding steroid dienone is 1. The first-order valence-electron chi connectivity index (χ1n) is 3.56. The van der Waals surface area contributed by atoms with E-state index in [1.165, 1.54) is 0 Å². The minimum Gasteiger partial charge on any atom is -0.382 e. The average molecular weight is 178 g/mol. The van der Waals surface area contributed by atoms with E-state index in [2.05, 4.69) is 6.07 Å². The van der Waals surface area contributed by atoms with E-state index in [9.17, 15) is 0 Å². The fourth-order valence-electron chi connectivity index (χ4n) is 0.838. The zero-order valence-corrected chi connectivity index (χ0v) is 7.93. The van der Waals surface area contributed by atoms with Crippen LogP contribution in [0, 0.1) is 11.3 Å². The molecule has 0 spiro atoms. The van der Waals surface area contributed by atoms with Crippen molar-refractivity contribution in [3.63, 3.8) is 0 Å². The van der Waals surface area contributed by atoms with Gasteiger partial charge >= 0.3 is 0 Å². The van der Waals surface area contributed by atoms with Crippen LogP contribution in [0.5, 0.6) is 0 Å². The zero-order chi connectivity index (χ0) is 8.97. The lowest BCUT2D eigenvalue weighted by atomic mass is 10.2. The first-order valence-corrected chi connectivity index (χ1v) is 4.44. The van der Waals surface area contributed by atoms with E-state index in [4.69, 9.17) is 5.26 Å². The summed E-state index contributed by atoms with van der Waals surface area (Å²) in [5.41, 5.74) is 0.718. The number of hydrogen-bond donors (Lipinski definition) is 0. The Morgan fingerprint density at radius 1 is 1.67 bits per heavy atom. The molecule has 0 saturated heterocycles. The van der Waals surface area contributed by atoms with Gasteiger partial charge in [-0.3, -0.25) is 0 Å². The molecule has 0 saturated carbocycles. The van der Waals surface area contributed by atoms with Crippen LogP contribution in [-0.4, -0.2) is 19.0 Å². The van der Waals surface area contributed by atoms with Crippen LogP contribution in [0.1, 0.15) is 4.88 Å². The Hall–Kier alpha value is -1.27. The summed E-state index contributed by atoms with van der Waals surface area (Å²) in [5.74, 6) is 0. The lowest BCUT2D eigenvalue weighted by molar-refractivity contribution is 0.566. The van der Waals surface area contributed by atoms with Gasteiger partial charge in [0.1, 0.15) is 6.07 Å². The number of nitriles is 1. The first kappa shape index (κ1) is 8.82. The smallest absolute Gasteiger partial charge is 0.102 e. The van der Waals surface area contributed by atoms with Gasteiger partial charge in [-0.1, -0.05) is 6.07 Å². The molecule has 0 aromatic carbocycles. The van der Waals surface area contributed by atoms with Crippen LogP contribution in [0.4, 0.5) is 0 Å². The monoisotopic (exact) mass is 178 g/mol. The normalized spacial score (nSPS) is 10.9. The Kier molecular flexibility index (Phi) is 2.89. The van der Waals surface area contributed by atoms with E-state index in [1.807, 2.05) is 42.7 Å². The summed E-state index contributed by atoms with van der Waals surface area (Å²) < 4.78 is 0. The summed E-state index contributed by atoms with van der Waals surface area (Å²) in [6.45, 7) is 0. The molecule has 1 rings (SSSR count). The number of rotatable bonds is 2. The molecule has 1 heterocycles. The molecule has 0 amide bonds. The van der Waals surface area contributed by atoms with Gasteiger partial charge in [0.15, 0.2) is 0 Å². The van der Waals surface area contributed by atoms with Crippen molar-refractivity contribution in [3.8, 4) is 6.07 Å². The molecule has 0 aliphatic heterocycles. The fraction of sp³-hybridized carbons (Fsp3) is 0.222. The lowest BCUT2D eigenvalue weighted by Gasteiger charge is -2.04. The Labute approximate surface area is 76.4 Å². The van der Waals surface area contributed by atoms with Gasteiger partial charge in [0.25, 0.3) is 0 Å². The second-order valence-electron chi connectivity index (χ2n) is 2.60. The highest BCUT2D eigenvalue weighted by molar-refractivity contribution is 7.11. The second kappa shape index (κ2) is 3.93. The molecule has 1 aromatic heterocycles. The Morgan fingerprint density at radius 3 is 2.83 bits per heavy atom. The summed E-state index contributed by atoms with van der Waals surface area (Å²) >= 11 is 1.58. The molecule has 2 nitrogen and oxygen atoms in total. The minimum atomic E-state index is 0.718. The van der Waals surface area contributed by atoms with Crippen molar-refractivity contribution in [2.24, 2.45) is 0 Å². The van der Waals surface area contributed by atoms with Crippen molar-refractivity contribution in [3.05, 3.63) is 28.6 Å². The number of thiophene rings is 1. The van der Waals surface area contributed by atoms with E-state index >= 15 is 0 Å². The lowest BCUT2D eigenvalue weighted by Crippen LogP contribution is -2.01. The molecule has 0 aliphatic carbocycles. The molecule has 0 bridgehead atoms. The molecule has 0 aliphatic rings. The van der Waals surface area contributed by atoms with E-state index < -0.39 is 0 Å². The predicted molar refractivity (Wildman–Crippen MR) is 51.6 cm³/mol. The van der Waals surface area contributed by atoms with Gasteiger partial charge in [-0.05, 0) is 11.4 Å². The van der Waals surface area contributed by atoms with Crippen molar-refractivity contribution in [2.45, 2.75) is 0 Å². The first-order chi connectivity index (χ1) is 5.74. The maximum Gasteiger partial charge on any atom is 0.102 e. The summed E-state index contributed by atoms with van der Waals surface area (Å²) in [5, 5.41) is 10.8. The van der Waals surface area contributed by atoms with Crippen LogP contribution < -0.4 is 0 Å². The topological polar surface area (TPSA) is 27.0 Å². The average Bonchev–Trinajstić information content (AvgIpc) is 2.51. The highest BCUT2D eigenvalue weighted by Gasteiger charge is 2.00. The Morgan fingerprint density at radius 2 is 2.42 bits per heavy atom. The maximum absolute atomic E-state index is 8.81. The highest BCUT2D eigenvalue weighted by atomic mass is 32.1. The molecule has 62 valence electrons. The standard InChI is InChI=1S/C9H10N2S/c1-11(2)7-8(6-10)9-4-3-5-12-9/h3-5,7H,1-2H3/b8-7+. The quantitative estimate of drug-likeness (QED) is 0.649. The second-order valence-corrected chi connectivity index (χ2v) is 3.54. The molecule has 1 aromatic rings. The van der Waals surface area contributed by atoms with Crippen molar-refractivity contribution < 1.29 is 0 Å². The van der Waals surface area contributed by atoms with E-state index in [0.29, 0.717) is 0 Å². The molecule has 0 radical (unpaired) electrons. The van der Waals surface area contributed by atoms with Gasteiger partial charge in [0, 0.05) is 25.2 Å². The predicted octanol–water partition coefficient (Wildman–Crippen LogP) is 2.17. The molecule has 0 atom stereocenters. The van der Waals surface area contributed by atoms with Crippen LogP contribution in [-0.2, 0) is 0 Å². The van der Waals surface area contributed by atoms with Gasteiger partial charge in [0.2, 0.25) is 0 Å². The maximum atomic E-state index is 8.81. The molecule has 0 fully saturated rings. The van der Waals surface area contributed by atoms with E-state index in [0.717, 1.165) is 10.5 Å². The molecule has 0 N–H and O–H groups in total. The summed E-state index contributed by atoms with van der Waals surface area (Å²) in [6.07, 6.45) is 1.83. The molecular weight excluding hydrogens is 168 g/mol. The third kappa shape index (κ3) is 2.11. The largest absolute Gasteiger partial charge is 0.382 e. The number of nitrogens with zero attached hydrogens (tertiary/aromatic N) is 2. The van der Waals surface area contributed by atoms with Crippen molar-refractivity contribution >= 4 is 16.9 Å². The van der Waals surface area contributed by atoms with Gasteiger partial charge < -0.3 is 4.90 Å². The van der Waals surface area contributed by atoms with Gasteiger partial charge in [-0.2, -0.15) is 5.26 Å². The molecule has 12 heavy (non-hydrogen) atoms. The van der Waals surface area contributed by atoms with Crippen molar-refractivity contribution in [1.82, 2.24) is 4.90 Å². The van der Waals surface area contributed by atoms with Crippen LogP contribution >= 0.6 is 11.3 Å². The summed E-state index contributed by atoms with van der Waals surface area (Å²) in [6, 6.07) is 6.06. The number of hydrogen-bond acceptors (Lipinski definition) is 3. The molecule has 0 unspecified atom stereocenters. The highest BCUT2D eigenvalue weighted by Crippen LogP contribution is 2.19. The Bertz CT molecular complexity index is 304. The van der Waals surface area contributed by atoms with E-state index in [-0.39, 0.29) is 0 Å². The SMILES string of the molecule is CN(C)/C=C(\C#N)c1cccs1. The third-order valence-electron chi connectivity index (χ3n) is 1.29. The van der Waals surface area contributed by atoms with E-state index in [1.54, 1.807) is 11.3 Å². The van der Waals surface area contributed by atoms with Gasteiger partial charge in [-0.15, -0.1) is 11.3 Å². The van der Waals surface area contributed by atoms with Gasteiger partial charge in [0.05, 0.1) is 5.57 Å². The van der Waals surface area contributed by atoms with Crippen molar-refractivity contribution in [2.75, 3.05) is 14.1 Å². The minimum absolute atomic E-state index is 0.718.